The Labute approximate surface area is 207 Å². The van der Waals surface area contributed by atoms with Gasteiger partial charge in [-0.1, -0.05) is 97.1 Å². The second-order valence-electron chi connectivity index (χ2n) is 8.84. The van der Waals surface area contributed by atoms with Gasteiger partial charge in [0.05, 0.1) is 5.52 Å². The number of nitrogens with zero attached hydrogens (tertiary/aromatic N) is 1. The van der Waals surface area contributed by atoms with Gasteiger partial charge in [0.25, 0.3) is 0 Å². The molecule has 0 saturated carbocycles. The summed E-state index contributed by atoms with van der Waals surface area (Å²) in [6.45, 7) is 1.66. The van der Waals surface area contributed by atoms with Crippen molar-refractivity contribution >= 4 is 38.6 Å². The lowest BCUT2D eigenvalue weighted by atomic mass is 9.92. The van der Waals surface area contributed by atoms with Gasteiger partial charge < -0.3 is 9.15 Å². The van der Waals surface area contributed by atoms with Crippen molar-refractivity contribution in [2.24, 2.45) is 0 Å². The van der Waals surface area contributed by atoms with Crippen LogP contribution in [0.3, 0.4) is 0 Å². The largest absolute Gasteiger partial charge is 0.451 e. The lowest BCUT2D eigenvalue weighted by Gasteiger charge is -2.24. The van der Waals surface area contributed by atoms with Gasteiger partial charge in [0.2, 0.25) is 0 Å². The van der Waals surface area contributed by atoms with Crippen LogP contribution in [0.15, 0.2) is 118 Å². The number of hydrogen-bond acceptors (Lipinski definition) is 4. The van der Waals surface area contributed by atoms with Gasteiger partial charge in [-0.25, -0.2) is 9.59 Å². The van der Waals surface area contributed by atoms with Gasteiger partial charge in [-0.3, -0.25) is 4.57 Å². The molecule has 0 saturated heterocycles. The summed E-state index contributed by atoms with van der Waals surface area (Å²) in [4.78, 5) is 26.3. The van der Waals surface area contributed by atoms with Crippen LogP contribution in [0.1, 0.15) is 30.2 Å². The molecule has 6 aromatic rings. The van der Waals surface area contributed by atoms with Crippen LogP contribution in [-0.4, -0.2) is 10.5 Å². The Morgan fingerprint density at radius 3 is 1.89 bits per heavy atom. The molecule has 0 aliphatic heterocycles. The molecule has 176 valence electrons. The highest BCUT2D eigenvalue weighted by molar-refractivity contribution is 5.90. The van der Waals surface area contributed by atoms with Crippen molar-refractivity contribution in [2.45, 2.75) is 19.1 Å². The summed E-state index contributed by atoms with van der Waals surface area (Å²) < 4.78 is 13.0. The number of rotatable bonds is 5. The number of aromatic nitrogens is 1. The number of para-hydroxylation sites is 2. The molecule has 0 amide bonds. The summed E-state index contributed by atoms with van der Waals surface area (Å²) >= 11 is 0. The van der Waals surface area contributed by atoms with Gasteiger partial charge in [0.15, 0.2) is 11.7 Å². The van der Waals surface area contributed by atoms with Crippen molar-refractivity contribution in [1.82, 2.24) is 4.57 Å². The van der Waals surface area contributed by atoms with E-state index in [9.17, 15) is 9.59 Å². The first-order valence-corrected chi connectivity index (χ1v) is 11.9. The molecule has 36 heavy (non-hydrogen) atoms. The Morgan fingerprint density at radius 2 is 1.25 bits per heavy atom. The van der Waals surface area contributed by atoms with Crippen molar-refractivity contribution < 1.29 is 13.9 Å². The fourth-order valence-corrected chi connectivity index (χ4v) is 4.92. The highest BCUT2D eigenvalue weighted by atomic mass is 16.5. The van der Waals surface area contributed by atoms with Crippen LogP contribution >= 0.6 is 0 Å². The number of fused-ring (bicyclic) bond motifs is 3. The van der Waals surface area contributed by atoms with E-state index in [2.05, 4.69) is 0 Å². The fraction of sp³-hybridized carbons (Fsp3) is 0.0968. The Morgan fingerprint density at radius 1 is 0.722 bits per heavy atom. The lowest BCUT2D eigenvalue weighted by Crippen LogP contribution is -2.27. The highest BCUT2D eigenvalue weighted by Crippen LogP contribution is 2.36. The molecular weight excluding hydrogens is 450 g/mol. The average molecular weight is 474 g/mol. The van der Waals surface area contributed by atoms with Crippen molar-refractivity contribution in [3.8, 4) is 0 Å². The first kappa shape index (κ1) is 21.9. The normalized spacial score (nSPS) is 12.4. The Hall–Kier alpha value is -4.64. The van der Waals surface area contributed by atoms with Crippen molar-refractivity contribution in [2.75, 3.05) is 0 Å². The molecule has 0 spiro atoms. The van der Waals surface area contributed by atoms with Crippen LogP contribution in [0.25, 0.3) is 32.6 Å². The van der Waals surface area contributed by atoms with Crippen LogP contribution in [0.2, 0.25) is 0 Å². The van der Waals surface area contributed by atoms with Crippen LogP contribution in [0.4, 0.5) is 0 Å². The van der Waals surface area contributed by atoms with Gasteiger partial charge in [0.1, 0.15) is 6.04 Å². The van der Waals surface area contributed by atoms with E-state index >= 15 is 0 Å². The molecule has 0 unspecified atom stereocenters. The fourth-order valence-electron chi connectivity index (χ4n) is 4.92. The van der Waals surface area contributed by atoms with Crippen LogP contribution in [0, 0.1) is 0 Å². The number of carbonyl (C=O) groups excluding carboxylic acids is 1. The number of oxazole rings is 1. The molecule has 5 aromatic carbocycles. The van der Waals surface area contributed by atoms with Crippen LogP contribution in [0.5, 0.6) is 0 Å². The maximum Gasteiger partial charge on any atom is 0.420 e. The second-order valence-corrected chi connectivity index (χ2v) is 8.84. The first-order chi connectivity index (χ1) is 17.6. The SMILES string of the molecule is C[C@@H](C(=O)OC(c1cccc2ccccc12)c1cccc2ccccc12)n1c(=O)oc2ccccc21. The van der Waals surface area contributed by atoms with Crippen molar-refractivity contribution in [1.29, 1.82) is 0 Å². The minimum absolute atomic E-state index is 0.432. The second kappa shape index (κ2) is 8.86. The summed E-state index contributed by atoms with van der Waals surface area (Å²) in [5.41, 5.74) is 2.75. The summed E-state index contributed by atoms with van der Waals surface area (Å²) in [6, 6.07) is 34.3. The molecule has 1 heterocycles. The van der Waals surface area contributed by atoms with Crippen molar-refractivity contribution in [3.05, 3.63) is 131 Å². The summed E-state index contributed by atoms with van der Waals surface area (Å²) in [5.74, 6) is -1.11. The molecule has 0 aliphatic carbocycles. The molecule has 5 nitrogen and oxygen atoms in total. The van der Waals surface area contributed by atoms with E-state index in [0.717, 1.165) is 32.7 Å². The Balaban J connectivity index is 1.49. The van der Waals surface area contributed by atoms with Crippen LogP contribution in [-0.2, 0) is 9.53 Å². The summed E-state index contributed by atoms with van der Waals surface area (Å²) in [5, 5.41) is 4.12. The number of carbonyl (C=O) groups is 1. The van der Waals surface area contributed by atoms with Gasteiger partial charge in [-0.2, -0.15) is 0 Å². The zero-order chi connectivity index (χ0) is 24.6. The minimum Gasteiger partial charge on any atom is -0.451 e. The Kier molecular flexibility index (Phi) is 5.38. The molecule has 0 bridgehead atoms. The molecule has 0 fully saturated rings. The molecule has 0 N–H and O–H groups in total. The monoisotopic (exact) mass is 473 g/mol. The standard InChI is InChI=1S/C31H23NO4/c1-20(32-27-18-6-7-19-28(27)35-31(32)34)30(33)36-29(25-16-8-12-21-10-2-4-14-23(21)25)26-17-9-13-22-11-3-5-15-24(22)26/h2-20,29H,1H3/t20-/m0/s1. The molecule has 0 radical (unpaired) electrons. The van der Waals surface area contributed by atoms with E-state index in [1.165, 1.54) is 4.57 Å². The molecule has 5 heteroatoms. The summed E-state index contributed by atoms with van der Waals surface area (Å²) in [7, 11) is 0. The van der Waals surface area contributed by atoms with E-state index in [0.29, 0.717) is 11.1 Å². The average Bonchev–Trinajstić information content (AvgIpc) is 3.26. The Bertz CT molecular complexity index is 1710. The number of hydrogen-bond donors (Lipinski definition) is 0. The predicted molar refractivity (Wildman–Crippen MR) is 141 cm³/mol. The molecule has 0 aliphatic rings. The zero-order valence-electron chi connectivity index (χ0n) is 19.6. The van der Waals surface area contributed by atoms with Gasteiger partial charge >= 0.3 is 11.7 Å². The first-order valence-electron chi connectivity index (χ1n) is 11.9. The zero-order valence-corrected chi connectivity index (χ0v) is 19.6. The van der Waals surface area contributed by atoms with E-state index in [-0.39, 0.29) is 0 Å². The molecule has 1 aromatic heterocycles. The topological polar surface area (TPSA) is 61.4 Å². The van der Waals surface area contributed by atoms with Gasteiger partial charge in [0, 0.05) is 11.1 Å². The third kappa shape index (κ3) is 3.66. The summed E-state index contributed by atoms with van der Waals surface area (Å²) in [6.07, 6.45) is -0.675. The maximum atomic E-state index is 13.6. The van der Waals surface area contributed by atoms with Gasteiger partial charge in [-0.05, 0) is 40.6 Å². The number of esters is 1. The quantitative estimate of drug-likeness (QED) is 0.259. The van der Waals surface area contributed by atoms with E-state index in [1.807, 2.05) is 84.9 Å². The van der Waals surface area contributed by atoms with E-state index in [4.69, 9.17) is 9.15 Å². The molecule has 1 atom stereocenters. The third-order valence-corrected chi connectivity index (χ3v) is 6.69. The van der Waals surface area contributed by atoms with Crippen LogP contribution < -0.4 is 5.76 Å². The minimum atomic E-state index is -0.881. The highest BCUT2D eigenvalue weighted by Gasteiger charge is 2.28. The lowest BCUT2D eigenvalue weighted by molar-refractivity contribution is -0.151. The third-order valence-electron chi connectivity index (χ3n) is 6.69. The maximum absolute atomic E-state index is 13.6. The van der Waals surface area contributed by atoms with Gasteiger partial charge in [-0.15, -0.1) is 0 Å². The van der Waals surface area contributed by atoms with E-state index < -0.39 is 23.9 Å². The smallest absolute Gasteiger partial charge is 0.420 e. The molecule has 6 rings (SSSR count). The number of ether oxygens (including phenoxy) is 1. The van der Waals surface area contributed by atoms with Crippen molar-refractivity contribution in [3.63, 3.8) is 0 Å². The predicted octanol–water partition coefficient (Wildman–Crippen LogP) is 6.79. The van der Waals surface area contributed by atoms with E-state index in [1.54, 1.807) is 31.2 Å². The molecular formula is C31H23NO4. The number of benzene rings is 5.